The molecule has 1 amide bonds. The summed E-state index contributed by atoms with van der Waals surface area (Å²) in [5.74, 6) is -1.09. The molecule has 2 heterocycles. The average molecular weight is 286 g/mol. The monoisotopic (exact) mass is 286 g/mol. The van der Waals surface area contributed by atoms with E-state index in [9.17, 15) is 9.59 Å². The first kappa shape index (κ1) is 15.2. The smallest absolute Gasteiger partial charge is 0.332 e. The van der Waals surface area contributed by atoms with Gasteiger partial charge >= 0.3 is 5.97 Å². The highest BCUT2D eigenvalue weighted by Gasteiger charge is 2.37. The van der Waals surface area contributed by atoms with Gasteiger partial charge in [-0.15, -0.1) is 0 Å². The molecule has 2 rings (SSSR count). The van der Waals surface area contributed by atoms with Gasteiger partial charge in [-0.1, -0.05) is 0 Å². The van der Waals surface area contributed by atoms with E-state index in [-0.39, 0.29) is 12.5 Å². The van der Waals surface area contributed by atoms with Gasteiger partial charge in [0.25, 0.3) is 5.91 Å². The van der Waals surface area contributed by atoms with Gasteiger partial charge < -0.3 is 19.8 Å². The van der Waals surface area contributed by atoms with Crippen LogP contribution in [-0.4, -0.2) is 83.4 Å². The van der Waals surface area contributed by atoms with Crippen molar-refractivity contribution in [2.24, 2.45) is 0 Å². The lowest BCUT2D eigenvalue weighted by molar-refractivity contribution is -0.154. The standard InChI is InChI=1S/C13H22N2O5/c16-9-8-14-4-1-5-15(7-6-14)12(17)10-2-3-11(20-10)13(18)19/h10-11,16H,1-9H2,(H,18,19)/t10-,11+/m0/s1. The average Bonchev–Trinajstić information content (AvgIpc) is 2.80. The van der Waals surface area contributed by atoms with Crippen LogP contribution in [0.5, 0.6) is 0 Å². The minimum atomic E-state index is -0.995. The number of carbonyl (C=O) groups excluding carboxylic acids is 1. The van der Waals surface area contributed by atoms with Crippen LogP contribution in [-0.2, 0) is 14.3 Å². The van der Waals surface area contributed by atoms with E-state index in [0.29, 0.717) is 32.5 Å². The number of β-amino-alcohol motifs (C(OH)–C–C–N with tert-alkyl or cyclic N) is 1. The SMILES string of the molecule is O=C(O)[C@H]1CC[C@@H](C(=O)N2CCCN(CCO)CC2)O1. The van der Waals surface area contributed by atoms with E-state index < -0.39 is 18.2 Å². The summed E-state index contributed by atoms with van der Waals surface area (Å²) in [6, 6.07) is 0. The molecule has 2 saturated heterocycles. The lowest BCUT2D eigenvalue weighted by Gasteiger charge is -2.24. The van der Waals surface area contributed by atoms with E-state index in [1.807, 2.05) is 0 Å². The first-order valence-electron chi connectivity index (χ1n) is 7.12. The number of amides is 1. The highest BCUT2D eigenvalue weighted by molar-refractivity contribution is 5.82. The lowest BCUT2D eigenvalue weighted by Crippen LogP contribution is -2.42. The molecule has 114 valence electrons. The van der Waals surface area contributed by atoms with Gasteiger partial charge in [0.05, 0.1) is 6.61 Å². The van der Waals surface area contributed by atoms with Crippen molar-refractivity contribution in [3.63, 3.8) is 0 Å². The molecule has 0 aromatic carbocycles. The van der Waals surface area contributed by atoms with Crippen LogP contribution in [0.2, 0.25) is 0 Å². The van der Waals surface area contributed by atoms with Gasteiger partial charge in [-0.25, -0.2) is 4.79 Å². The minimum Gasteiger partial charge on any atom is -0.479 e. The zero-order chi connectivity index (χ0) is 14.5. The maximum absolute atomic E-state index is 12.3. The van der Waals surface area contributed by atoms with Gasteiger partial charge in [-0.05, 0) is 25.8 Å². The zero-order valence-corrected chi connectivity index (χ0v) is 11.5. The van der Waals surface area contributed by atoms with Crippen molar-refractivity contribution in [2.75, 3.05) is 39.3 Å². The van der Waals surface area contributed by atoms with Gasteiger partial charge in [-0.3, -0.25) is 9.69 Å². The summed E-state index contributed by atoms with van der Waals surface area (Å²) in [5, 5.41) is 17.8. The van der Waals surface area contributed by atoms with Crippen molar-refractivity contribution in [3.8, 4) is 0 Å². The molecule has 0 aromatic heterocycles. The number of hydrogen-bond acceptors (Lipinski definition) is 5. The number of aliphatic hydroxyl groups excluding tert-OH is 1. The fraction of sp³-hybridized carbons (Fsp3) is 0.846. The number of ether oxygens (including phenoxy) is 1. The molecular formula is C13H22N2O5. The van der Waals surface area contributed by atoms with Gasteiger partial charge in [0, 0.05) is 26.2 Å². The molecule has 0 bridgehead atoms. The molecule has 0 spiro atoms. The molecule has 0 radical (unpaired) electrons. The molecule has 0 saturated carbocycles. The molecule has 2 atom stereocenters. The summed E-state index contributed by atoms with van der Waals surface area (Å²) >= 11 is 0. The number of aliphatic carboxylic acids is 1. The Morgan fingerprint density at radius 3 is 2.50 bits per heavy atom. The van der Waals surface area contributed by atoms with Gasteiger partial charge in [0.15, 0.2) is 6.10 Å². The molecule has 7 nitrogen and oxygen atoms in total. The molecule has 2 fully saturated rings. The van der Waals surface area contributed by atoms with Gasteiger partial charge in [-0.2, -0.15) is 0 Å². The van der Waals surface area contributed by atoms with E-state index in [1.54, 1.807) is 4.90 Å². The molecule has 0 aliphatic carbocycles. The quantitative estimate of drug-likeness (QED) is 0.699. The first-order chi connectivity index (χ1) is 9.61. The Balaban J connectivity index is 1.85. The van der Waals surface area contributed by atoms with Crippen LogP contribution in [0, 0.1) is 0 Å². The Morgan fingerprint density at radius 1 is 1.10 bits per heavy atom. The number of carboxylic acid groups (broad SMARTS) is 1. The van der Waals surface area contributed by atoms with Crippen LogP contribution in [0.3, 0.4) is 0 Å². The number of carbonyl (C=O) groups is 2. The summed E-state index contributed by atoms with van der Waals surface area (Å²) in [5.41, 5.74) is 0. The van der Waals surface area contributed by atoms with Crippen molar-refractivity contribution < 1.29 is 24.5 Å². The van der Waals surface area contributed by atoms with Crippen molar-refractivity contribution in [1.82, 2.24) is 9.80 Å². The van der Waals surface area contributed by atoms with Crippen molar-refractivity contribution in [3.05, 3.63) is 0 Å². The summed E-state index contributed by atoms with van der Waals surface area (Å²) < 4.78 is 5.31. The van der Waals surface area contributed by atoms with E-state index >= 15 is 0 Å². The molecule has 20 heavy (non-hydrogen) atoms. The number of hydrogen-bond donors (Lipinski definition) is 2. The summed E-state index contributed by atoms with van der Waals surface area (Å²) in [6.07, 6.45) is 0.284. The largest absolute Gasteiger partial charge is 0.479 e. The van der Waals surface area contributed by atoms with Crippen molar-refractivity contribution in [1.29, 1.82) is 0 Å². The van der Waals surface area contributed by atoms with Gasteiger partial charge in [0.2, 0.25) is 0 Å². The normalized spacial score (nSPS) is 28.4. The Kier molecular flexibility index (Phi) is 5.33. The highest BCUT2D eigenvalue weighted by Crippen LogP contribution is 2.22. The molecule has 2 N–H and O–H groups in total. The second-order valence-electron chi connectivity index (χ2n) is 5.27. The number of aliphatic hydroxyl groups is 1. The fourth-order valence-electron chi connectivity index (χ4n) is 2.76. The fourth-order valence-corrected chi connectivity index (χ4v) is 2.76. The Morgan fingerprint density at radius 2 is 1.85 bits per heavy atom. The minimum absolute atomic E-state index is 0.0976. The van der Waals surface area contributed by atoms with Crippen LogP contribution in [0.1, 0.15) is 19.3 Å². The van der Waals surface area contributed by atoms with E-state index in [4.69, 9.17) is 14.9 Å². The lowest BCUT2D eigenvalue weighted by atomic mass is 10.2. The van der Waals surface area contributed by atoms with Crippen LogP contribution in [0.15, 0.2) is 0 Å². The highest BCUT2D eigenvalue weighted by atomic mass is 16.5. The number of carboxylic acids is 1. The molecule has 2 aliphatic heterocycles. The maximum atomic E-state index is 12.3. The predicted octanol–water partition coefficient (Wildman–Crippen LogP) is -0.855. The third kappa shape index (κ3) is 3.68. The zero-order valence-electron chi connectivity index (χ0n) is 11.5. The number of nitrogens with zero attached hydrogens (tertiary/aromatic N) is 2. The predicted molar refractivity (Wildman–Crippen MR) is 70.3 cm³/mol. The third-order valence-corrected chi connectivity index (χ3v) is 3.89. The van der Waals surface area contributed by atoms with Gasteiger partial charge in [0.1, 0.15) is 6.10 Å². The van der Waals surface area contributed by atoms with E-state index in [2.05, 4.69) is 4.90 Å². The molecule has 0 aromatic rings. The summed E-state index contributed by atoms with van der Waals surface area (Å²) in [4.78, 5) is 27.0. The Labute approximate surface area is 118 Å². The second kappa shape index (κ2) is 7.01. The van der Waals surface area contributed by atoms with Crippen LogP contribution in [0.25, 0.3) is 0 Å². The molecule has 7 heteroatoms. The summed E-state index contributed by atoms with van der Waals surface area (Å²) in [6.45, 7) is 3.63. The Bertz CT molecular complexity index is 363. The summed E-state index contributed by atoms with van der Waals surface area (Å²) in [7, 11) is 0. The Hall–Kier alpha value is -1.18. The van der Waals surface area contributed by atoms with Crippen LogP contribution in [0.4, 0.5) is 0 Å². The van der Waals surface area contributed by atoms with Crippen molar-refractivity contribution in [2.45, 2.75) is 31.5 Å². The second-order valence-corrected chi connectivity index (χ2v) is 5.27. The van der Waals surface area contributed by atoms with Crippen LogP contribution < -0.4 is 0 Å². The third-order valence-electron chi connectivity index (χ3n) is 3.89. The van der Waals surface area contributed by atoms with E-state index in [0.717, 1.165) is 19.5 Å². The van der Waals surface area contributed by atoms with Crippen molar-refractivity contribution >= 4 is 11.9 Å². The first-order valence-corrected chi connectivity index (χ1v) is 7.12. The topological polar surface area (TPSA) is 90.3 Å². The van der Waals surface area contributed by atoms with Crippen LogP contribution >= 0.6 is 0 Å². The molecular weight excluding hydrogens is 264 g/mol. The maximum Gasteiger partial charge on any atom is 0.332 e. The molecule has 0 unspecified atom stereocenters. The van der Waals surface area contributed by atoms with E-state index in [1.165, 1.54) is 0 Å². The number of rotatable bonds is 4. The molecule has 2 aliphatic rings.